The Morgan fingerprint density at radius 3 is 2.18 bits per heavy atom. The fraction of sp³-hybridized carbons (Fsp3) is 0.484. The highest BCUT2D eigenvalue weighted by Crippen LogP contribution is 2.42. The Hall–Kier alpha value is -3.78. The van der Waals surface area contributed by atoms with Crippen molar-refractivity contribution >= 4 is 39.4 Å². The van der Waals surface area contributed by atoms with Crippen molar-refractivity contribution in [1.29, 1.82) is 0 Å². The molecule has 2 aromatic carbocycles. The van der Waals surface area contributed by atoms with Gasteiger partial charge in [-0.2, -0.15) is 13.2 Å². The lowest BCUT2D eigenvalue weighted by Crippen LogP contribution is -2.50. The third-order valence-electron chi connectivity index (χ3n) is 9.64. The molecule has 0 unspecified atom stereocenters. The van der Waals surface area contributed by atoms with E-state index in [1.54, 1.807) is 4.90 Å². The number of hydrogen-bond donors (Lipinski definition) is 2. The second kappa shape index (κ2) is 10.9. The van der Waals surface area contributed by atoms with Crippen LogP contribution in [0.25, 0.3) is 0 Å². The molecule has 2 spiro atoms. The highest BCUT2D eigenvalue weighted by Gasteiger charge is 2.55. The largest absolute Gasteiger partial charge is 0.416 e. The number of rotatable bonds is 6. The maximum absolute atomic E-state index is 13.4. The quantitative estimate of drug-likeness (QED) is 0.460. The smallest absolute Gasteiger partial charge is 0.308 e. The van der Waals surface area contributed by atoms with E-state index < -0.39 is 44.8 Å². The fourth-order valence-corrected chi connectivity index (χ4v) is 8.62. The lowest BCUT2D eigenvalue weighted by molar-refractivity contribution is -0.137. The molecule has 4 amide bonds. The summed E-state index contributed by atoms with van der Waals surface area (Å²) in [6.07, 6.45) is -1.20. The molecule has 2 aromatic rings. The van der Waals surface area contributed by atoms with Gasteiger partial charge in [-0.05, 0) is 86.9 Å². The first-order chi connectivity index (χ1) is 21.2. The number of alkyl halides is 3. The number of halogens is 3. The lowest BCUT2D eigenvalue weighted by atomic mass is 9.89. The predicted octanol–water partition coefficient (Wildman–Crippen LogP) is 3.97. The molecule has 240 valence electrons. The Morgan fingerprint density at radius 1 is 0.911 bits per heavy atom. The molecular weight excluding hydrogens is 611 g/mol. The number of nitrogens with zero attached hydrogens (tertiary/aromatic N) is 3. The Morgan fingerprint density at radius 2 is 1.56 bits per heavy atom. The summed E-state index contributed by atoms with van der Waals surface area (Å²) >= 11 is 0. The molecule has 14 heteroatoms. The molecule has 1 saturated carbocycles. The van der Waals surface area contributed by atoms with E-state index in [0.717, 1.165) is 41.7 Å². The Balaban J connectivity index is 1.13. The summed E-state index contributed by atoms with van der Waals surface area (Å²) in [5.41, 5.74) is 0.259. The van der Waals surface area contributed by atoms with Crippen molar-refractivity contribution in [3.8, 4) is 0 Å². The third kappa shape index (κ3) is 5.41. The van der Waals surface area contributed by atoms with Crippen LogP contribution < -0.4 is 15.5 Å². The molecule has 1 aliphatic carbocycles. The third-order valence-corrected chi connectivity index (χ3v) is 11.5. The molecular formula is C31H34F3N5O5S. The Kier molecular flexibility index (Phi) is 7.58. The topological polar surface area (TPSA) is 128 Å². The lowest BCUT2D eigenvalue weighted by Gasteiger charge is -2.34. The van der Waals surface area contributed by atoms with Gasteiger partial charge in [-0.25, -0.2) is 17.5 Å². The Labute approximate surface area is 259 Å². The summed E-state index contributed by atoms with van der Waals surface area (Å²) in [6, 6.07) is 7.78. The van der Waals surface area contributed by atoms with E-state index in [2.05, 4.69) is 15.6 Å². The van der Waals surface area contributed by atoms with Crippen LogP contribution in [-0.2, 0) is 32.2 Å². The average Bonchev–Trinajstić information content (AvgIpc) is 3.65. The molecule has 4 aliphatic rings. The van der Waals surface area contributed by atoms with Crippen LogP contribution in [0.2, 0.25) is 0 Å². The zero-order valence-electron chi connectivity index (χ0n) is 25.0. The summed E-state index contributed by atoms with van der Waals surface area (Å²) in [4.78, 5) is 44.5. The number of carbonyl (C=O) groups excluding carboxylic acids is 3. The van der Waals surface area contributed by atoms with Gasteiger partial charge in [0.1, 0.15) is 16.9 Å². The number of anilines is 1. The number of urea groups is 1. The van der Waals surface area contributed by atoms with Gasteiger partial charge in [0, 0.05) is 24.3 Å². The SMILES string of the molecule is Cc1cc(N2C(=O)NC(=O)C23CCCC3)cc(C)c1CCS(=O)(=O)N1CCC2(CC1)N=C(c1cccc(C(F)(F)F)c1)NC2=O. The standard InChI is InChI=1S/C31H34F3N5O5S/c1-19-16-23(39-28(42)36-27(41)30(39)9-3-4-10-30)17-20(2)24(19)8-15-45(43,44)38-13-11-29(12-14-38)26(40)35-25(37-29)21-6-5-7-22(18-21)31(32,33)34/h5-7,16-18H,3-4,8-15H2,1-2H3,(H,35,37,40)(H,36,41,42). The van der Waals surface area contributed by atoms with Gasteiger partial charge in [-0.15, -0.1) is 0 Å². The van der Waals surface area contributed by atoms with Crippen molar-refractivity contribution in [1.82, 2.24) is 14.9 Å². The number of carbonyl (C=O) groups is 3. The van der Waals surface area contributed by atoms with Gasteiger partial charge in [-0.1, -0.05) is 25.0 Å². The monoisotopic (exact) mass is 645 g/mol. The van der Waals surface area contributed by atoms with Gasteiger partial charge in [0.05, 0.1) is 11.3 Å². The molecule has 3 aliphatic heterocycles. The first kappa shape index (κ1) is 31.2. The van der Waals surface area contributed by atoms with Crippen molar-refractivity contribution in [3.63, 3.8) is 0 Å². The number of benzene rings is 2. The molecule has 2 N–H and O–H groups in total. The zero-order chi connectivity index (χ0) is 32.4. The van der Waals surface area contributed by atoms with E-state index >= 15 is 0 Å². The summed E-state index contributed by atoms with van der Waals surface area (Å²) in [6.45, 7) is 3.82. The summed E-state index contributed by atoms with van der Waals surface area (Å²) in [5.74, 6) is -0.845. The van der Waals surface area contributed by atoms with Crippen molar-refractivity contribution in [3.05, 3.63) is 64.2 Å². The van der Waals surface area contributed by atoms with Crippen LogP contribution in [-0.4, -0.2) is 66.3 Å². The van der Waals surface area contributed by atoms with E-state index in [9.17, 15) is 36.0 Å². The van der Waals surface area contributed by atoms with E-state index in [0.29, 0.717) is 18.5 Å². The number of amides is 4. The normalized spacial score (nSPS) is 21.5. The first-order valence-electron chi connectivity index (χ1n) is 15.0. The van der Waals surface area contributed by atoms with E-state index in [4.69, 9.17) is 0 Å². The maximum Gasteiger partial charge on any atom is 0.416 e. The molecule has 0 aromatic heterocycles. The molecule has 6 rings (SSSR count). The van der Waals surface area contributed by atoms with Crippen LogP contribution in [0.3, 0.4) is 0 Å². The summed E-state index contributed by atoms with van der Waals surface area (Å²) in [5, 5.41) is 5.06. The van der Waals surface area contributed by atoms with E-state index in [1.807, 2.05) is 26.0 Å². The van der Waals surface area contributed by atoms with Crippen LogP contribution in [0.5, 0.6) is 0 Å². The molecule has 2 saturated heterocycles. The zero-order valence-corrected chi connectivity index (χ0v) is 25.8. The number of amidine groups is 1. The van der Waals surface area contributed by atoms with Crippen molar-refractivity contribution in [2.24, 2.45) is 4.99 Å². The number of sulfonamides is 1. The summed E-state index contributed by atoms with van der Waals surface area (Å²) in [7, 11) is -3.72. The number of hydrogen-bond acceptors (Lipinski definition) is 6. The number of aryl methyl sites for hydroxylation is 2. The average molecular weight is 646 g/mol. The molecule has 45 heavy (non-hydrogen) atoms. The molecule has 10 nitrogen and oxygen atoms in total. The minimum atomic E-state index is -4.54. The first-order valence-corrected chi connectivity index (χ1v) is 16.6. The van der Waals surface area contributed by atoms with Crippen LogP contribution in [0.15, 0.2) is 41.4 Å². The van der Waals surface area contributed by atoms with E-state index in [1.165, 1.54) is 16.4 Å². The van der Waals surface area contributed by atoms with Crippen molar-refractivity contribution in [2.45, 2.75) is 76.0 Å². The number of piperidine rings is 1. The van der Waals surface area contributed by atoms with Gasteiger partial charge >= 0.3 is 12.2 Å². The molecule has 3 fully saturated rings. The second-order valence-corrected chi connectivity index (χ2v) is 14.5. The maximum atomic E-state index is 13.4. The minimum absolute atomic E-state index is 0.0476. The molecule has 0 atom stereocenters. The summed E-state index contributed by atoms with van der Waals surface area (Å²) < 4.78 is 67.7. The van der Waals surface area contributed by atoms with Gasteiger partial charge in [-0.3, -0.25) is 24.8 Å². The van der Waals surface area contributed by atoms with Gasteiger partial charge < -0.3 is 5.32 Å². The molecule has 3 heterocycles. The highest BCUT2D eigenvalue weighted by molar-refractivity contribution is 7.89. The van der Waals surface area contributed by atoms with Crippen LogP contribution >= 0.6 is 0 Å². The minimum Gasteiger partial charge on any atom is -0.308 e. The van der Waals surface area contributed by atoms with Gasteiger partial charge in [0.25, 0.3) is 11.8 Å². The van der Waals surface area contributed by atoms with Crippen LogP contribution in [0.1, 0.15) is 66.3 Å². The Bertz CT molecular complexity index is 1700. The van der Waals surface area contributed by atoms with Crippen molar-refractivity contribution < 1.29 is 36.0 Å². The van der Waals surface area contributed by atoms with Crippen LogP contribution in [0.4, 0.5) is 23.7 Å². The molecule has 0 bridgehead atoms. The van der Waals surface area contributed by atoms with Gasteiger partial charge in [0.15, 0.2) is 0 Å². The number of nitrogens with one attached hydrogen (secondary N) is 2. The van der Waals surface area contributed by atoms with Crippen molar-refractivity contribution in [2.75, 3.05) is 23.7 Å². The number of imide groups is 1. The predicted molar refractivity (Wildman–Crippen MR) is 160 cm³/mol. The second-order valence-electron chi connectivity index (χ2n) is 12.4. The highest BCUT2D eigenvalue weighted by atomic mass is 32.2. The molecule has 0 radical (unpaired) electrons. The number of aliphatic imine (C=N–C) groups is 1. The van der Waals surface area contributed by atoms with Gasteiger partial charge in [0.2, 0.25) is 10.0 Å². The fourth-order valence-electron chi connectivity index (χ4n) is 7.16. The van der Waals surface area contributed by atoms with Crippen LogP contribution in [0, 0.1) is 13.8 Å². The van der Waals surface area contributed by atoms with E-state index in [-0.39, 0.29) is 55.4 Å².